The van der Waals surface area contributed by atoms with Crippen LogP contribution in [-0.2, 0) is 14.4 Å². The SMILES string of the molecule is CCCCCC(C)(C)C(C(=O)O)C(O)(C(=O)O)C(C(=O)O)(C(C)(C)CCCCC)C(C)(C)CCCCC. The second-order valence-corrected chi connectivity index (χ2v) is 13.0. The molecule has 0 rings (SSSR count). The van der Waals surface area contributed by atoms with Gasteiger partial charge in [0.1, 0.15) is 11.3 Å². The van der Waals surface area contributed by atoms with Crippen molar-refractivity contribution >= 4 is 17.9 Å². The fraction of sp³-hybridized carbons (Fsp3) is 0.900. The van der Waals surface area contributed by atoms with Crippen molar-refractivity contribution in [1.82, 2.24) is 0 Å². The van der Waals surface area contributed by atoms with Crippen LogP contribution >= 0.6 is 0 Å². The van der Waals surface area contributed by atoms with Crippen molar-refractivity contribution in [2.75, 3.05) is 0 Å². The van der Waals surface area contributed by atoms with E-state index in [0.717, 1.165) is 38.5 Å². The van der Waals surface area contributed by atoms with E-state index in [0.29, 0.717) is 38.5 Å². The second kappa shape index (κ2) is 14.0. The number of rotatable bonds is 20. The van der Waals surface area contributed by atoms with E-state index in [1.807, 2.05) is 20.8 Å². The first-order valence-corrected chi connectivity index (χ1v) is 14.3. The van der Waals surface area contributed by atoms with Crippen LogP contribution in [0.4, 0.5) is 0 Å². The highest BCUT2D eigenvalue weighted by atomic mass is 16.4. The molecule has 0 aliphatic heterocycles. The van der Waals surface area contributed by atoms with E-state index in [4.69, 9.17) is 0 Å². The highest BCUT2D eigenvalue weighted by molar-refractivity contribution is 5.95. The molecule has 2 atom stereocenters. The molecule has 0 saturated carbocycles. The standard InChI is InChI=1S/C30H56O7/c1-10-13-16-19-26(4,5)22(23(31)32)29(37,24(33)34)30(25(35)36,27(6,7)20-17-14-11-2)28(8,9)21-18-15-12-3/h22,37H,10-21H2,1-9H3,(H,31,32)(H,33,34)(H,35,36). The molecule has 7 heteroatoms. The third-order valence-corrected chi connectivity index (χ3v) is 8.93. The third-order valence-electron chi connectivity index (χ3n) is 8.93. The van der Waals surface area contributed by atoms with Crippen molar-refractivity contribution in [2.24, 2.45) is 27.6 Å². The lowest BCUT2D eigenvalue weighted by Gasteiger charge is -2.61. The smallest absolute Gasteiger partial charge is 0.337 e. The quantitative estimate of drug-likeness (QED) is 0.121. The van der Waals surface area contributed by atoms with Crippen LogP contribution in [0.3, 0.4) is 0 Å². The zero-order valence-electron chi connectivity index (χ0n) is 25.1. The Morgan fingerprint density at radius 2 is 0.946 bits per heavy atom. The minimum Gasteiger partial charge on any atom is -0.481 e. The summed E-state index contributed by atoms with van der Waals surface area (Å²) in [6.07, 6.45) is 8.17. The molecule has 0 aromatic rings. The predicted molar refractivity (Wildman–Crippen MR) is 148 cm³/mol. The van der Waals surface area contributed by atoms with Gasteiger partial charge in [0.2, 0.25) is 0 Å². The zero-order valence-corrected chi connectivity index (χ0v) is 25.1. The van der Waals surface area contributed by atoms with Crippen molar-refractivity contribution in [3.05, 3.63) is 0 Å². The molecular weight excluding hydrogens is 472 g/mol. The first kappa shape index (κ1) is 35.4. The Balaban J connectivity index is 7.64. The summed E-state index contributed by atoms with van der Waals surface area (Å²) in [7, 11) is 0. The van der Waals surface area contributed by atoms with Crippen LogP contribution in [0.2, 0.25) is 0 Å². The summed E-state index contributed by atoms with van der Waals surface area (Å²) in [5.41, 5.74) is -8.99. The Bertz CT molecular complexity index is 731. The third kappa shape index (κ3) is 7.07. The van der Waals surface area contributed by atoms with Gasteiger partial charge in [0, 0.05) is 0 Å². The van der Waals surface area contributed by atoms with E-state index in [2.05, 4.69) is 0 Å². The summed E-state index contributed by atoms with van der Waals surface area (Å²) in [4.78, 5) is 39.9. The highest BCUT2D eigenvalue weighted by Gasteiger charge is 2.77. The fourth-order valence-corrected chi connectivity index (χ4v) is 7.25. The molecule has 0 aliphatic carbocycles. The second-order valence-electron chi connectivity index (χ2n) is 13.0. The molecule has 0 aromatic carbocycles. The van der Waals surface area contributed by atoms with Gasteiger partial charge in [-0.2, -0.15) is 0 Å². The van der Waals surface area contributed by atoms with Gasteiger partial charge >= 0.3 is 17.9 Å². The number of aliphatic carboxylic acids is 3. The van der Waals surface area contributed by atoms with E-state index in [1.165, 1.54) is 0 Å². The Kier molecular flexibility index (Phi) is 13.3. The molecule has 0 saturated heterocycles. The van der Waals surface area contributed by atoms with Gasteiger partial charge in [-0.05, 0) is 35.5 Å². The molecule has 0 spiro atoms. The van der Waals surface area contributed by atoms with E-state index in [1.54, 1.807) is 41.5 Å². The van der Waals surface area contributed by atoms with Crippen LogP contribution in [0, 0.1) is 27.6 Å². The van der Waals surface area contributed by atoms with Gasteiger partial charge in [0.25, 0.3) is 0 Å². The van der Waals surface area contributed by atoms with Gasteiger partial charge < -0.3 is 20.4 Å². The lowest BCUT2D eigenvalue weighted by molar-refractivity contribution is -0.256. The summed E-state index contributed by atoms with van der Waals surface area (Å²) in [5, 5.41) is 44.9. The summed E-state index contributed by atoms with van der Waals surface area (Å²) >= 11 is 0. The molecule has 0 fully saturated rings. The van der Waals surface area contributed by atoms with Crippen molar-refractivity contribution in [1.29, 1.82) is 0 Å². The molecule has 2 unspecified atom stereocenters. The lowest BCUT2D eigenvalue weighted by atomic mass is 9.40. The molecule has 37 heavy (non-hydrogen) atoms. The minimum absolute atomic E-state index is 0.350. The van der Waals surface area contributed by atoms with Gasteiger partial charge in [-0.15, -0.1) is 0 Å². The fourth-order valence-electron chi connectivity index (χ4n) is 7.25. The van der Waals surface area contributed by atoms with Crippen LogP contribution in [0.5, 0.6) is 0 Å². The maximum Gasteiger partial charge on any atom is 0.337 e. The van der Waals surface area contributed by atoms with Gasteiger partial charge in [-0.25, -0.2) is 4.79 Å². The predicted octanol–water partition coefficient (Wildman–Crippen LogP) is 7.39. The number of carbonyl (C=O) groups is 3. The van der Waals surface area contributed by atoms with Crippen molar-refractivity contribution in [3.63, 3.8) is 0 Å². The molecule has 218 valence electrons. The minimum atomic E-state index is -3.06. The first-order chi connectivity index (χ1) is 16.9. The Morgan fingerprint density at radius 3 is 1.22 bits per heavy atom. The highest BCUT2D eigenvalue weighted by Crippen LogP contribution is 2.65. The largest absolute Gasteiger partial charge is 0.481 e. The van der Waals surface area contributed by atoms with Gasteiger partial charge in [0.05, 0.1) is 0 Å². The van der Waals surface area contributed by atoms with Crippen LogP contribution in [-0.4, -0.2) is 43.9 Å². The van der Waals surface area contributed by atoms with Crippen molar-refractivity contribution < 1.29 is 34.8 Å². The first-order valence-electron chi connectivity index (χ1n) is 14.3. The Labute approximate surface area is 225 Å². The number of hydrogen-bond donors (Lipinski definition) is 4. The number of unbranched alkanes of at least 4 members (excludes halogenated alkanes) is 6. The molecule has 0 radical (unpaired) electrons. The van der Waals surface area contributed by atoms with Gasteiger partial charge in [0.15, 0.2) is 5.60 Å². The summed E-state index contributed by atoms with van der Waals surface area (Å²) < 4.78 is 0. The lowest BCUT2D eigenvalue weighted by Crippen LogP contribution is -2.75. The molecule has 0 bridgehead atoms. The summed E-state index contributed by atoms with van der Waals surface area (Å²) in [6.45, 7) is 16.2. The monoisotopic (exact) mass is 528 g/mol. The number of hydrogen-bond acceptors (Lipinski definition) is 4. The van der Waals surface area contributed by atoms with Gasteiger partial charge in [-0.1, -0.05) is 120 Å². The number of aliphatic hydroxyl groups is 1. The zero-order chi connectivity index (χ0) is 29.3. The van der Waals surface area contributed by atoms with Crippen LogP contribution in [0.15, 0.2) is 0 Å². The summed E-state index contributed by atoms with van der Waals surface area (Å²) in [5.74, 6) is -6.54. The maximum absolute atomic E-state index is 13.6. The number of carboxylic acid groups (broad SMARTS) is 3. The van der Waals surface area contributed by atoms with E-state index in [9.17, 15) is 34.8 Å². The maximum atomic E-state index is 13.6. The Hall–Kier alpha value is -1.63. The molecule has 0 aliphatic rings. The molecule has 4 N–H and O–H groups in total. The molecule has 0 aromatic heterocycles. The van der Waals surface area contributed by atoms with Crippen molar-refractivity contribution in [2.45, 2.75) is 145 Å². The molecule has 7 nitrogen and oxygen atoms in total. The molecular formula is C30H56O7. The topological polar surface area (TPSA) is 132 Å². The van der Waals surface area contributed by atoms with Crippen molar-refractivity contribution in [3.8, 4) is 0 Å². The summed E-state index contributed by atoms with van der Waals surface area (Å²) in [6, 6.07) is 0. The van der Waals surface area contributed by atoms with Crippen LogP contribution < -0.4 is 0 Å². The molecule has 0 amide bonds. The van der Waals surface area contributed by atoms with Crippen LogP contribution in [0.1, 0.15) is 139 Å². The van der Waals surface area contributed by atoms with E-state index >= 15 is 0 Å². The normalized spacial score (nSPS) is 15.7. The molecule has 0 heterocycles. The van der Waals surface area contributed by atoms with Gasteiger partial charge in [-0.3, -0.25) is 9.59 Å². The number of carboxylic acids is 3. The van der Waals surface area contributed by atoms with E-state index in [-0.39, 0.29) is 0 Å². The average Bonchev–Trinajstić information content (AvgIpc) is 2.72. The Morgan fingerprint density at radius 1 is 0.595 bits per heavy atom. The van der Waals surface area contributed by atoms with Crippen LogP contribution in [0.25, 0.3) is 0 Å². The average molecular weight is 529 g/mol. The van der Waals surface area contributed by atoms with E-state index < -0.39 is 51.1 Å².